The van der Waals surface area contributed by atoms with Gasteiger partial charge in [0, 0.05) is 5.69 Å². The van der Waals surface area contributed by atoms with Crippen molar-refractivity contribution in [2.45, 2.75) is 6.92 Å². The van der Waals surface area contributed by atoms with Gasteiger partial charge in [-0.15, -0.1) is 0 Å². The second-order valence-corrected chi connectivity index (χ2v) is 5.52. The maximum atomic E-state index is 12.3. The number of rotatable bonds is 4. The van der Waals surface area contributed by atoms with Crippen LogP contribution >= 0.6 is 0 Å². The minimum Gasteiger partial charge on any atom is -0.497 e. The van der Waals surface area contributed by atoms with Crippen molar-refractivity contribution in [3.63, 3.8) is 0 Å². The number of aryl methyl sites for hydroxylation is 1. The van der Waals surface area contributed by atoms with Gasteiger partial charge in [-0.25, -0.2) is 0 Å². The van der Waals surface area contributed by atoms with Gasteiger partial charge in [0.2, 0.25) is 5.91 Å². The lowest BCUT2D eigenvalue weighted by Crippen LogP contribution is -2.37. The molecule has 0 aliphatic carbocycles. The maximum absolute atomic E-state index is 12.3. The number of nitrogens with one attached hydrogen (secondary N) is 1. The van der Waals surface area contributed by atoms with Gasteiger partial charge in [-0.1, -0.05) is 11.6 Å². The maximum Gasteiger partial charge on any atom is 0.262 e. The standard InChI is InChI=1S/C18H16N2O4/c1-11-3-8-14-15(9-11)18(23)20(17(14)22)10-16(21)19-12-4-6-13(24-2)7-5-12/h3-9H,10H2,1-2H3,(H,19,21). The highest BCUT2D eigenvalue weighted by atomic mass is 16.5. The van der Waals surface area contributed by atoms with Crippen molar-refractivity contribution in [3.05, 3.63) is 59.2 Å². The van der Waals surface area contributed by atoms with E-state index in [-0.39, 0.29) is 6.54 Å². The third-order valence-electron chi connectivity index (χ3n) is 3.80. The van der Waals surface area contributed by atoms with Gasteiger partial charge < -0.3 is 10.1 Å². The van der Waals surface area contributed by atoms with Crippen molar-refractivity contribution >= 4 is 23.4 Å². The van der Waals surface area contributed by atoms with Gasteiger partial charge in [0.25, 0.3) is 11.8 Å². The topological polar surface area (TPSA) is 75.7 Å². The van der Waals surface area contributed by atoms with Crippen molar-refractivity contribution in [3.8, 4) is 5.75 Å². The summed E-state index contributed by atoms with van der Waals surface area (Å²) in [6, 6.07) is 11.8. The molecule has 24 heavy (non-hydrogen) atoms. The Balaban J connectivity index is 1.71. The van der Waals surface area contributed by atoms with Gasteiger partial charge >= 0.3 is 0 Å². The van der Waals surface area contributed by atoms with E-state index < -0.39 is 17.7 Å². The van der Waals surface area contributed by atoms with Crippen LogP contribution in [0.5, 0.6) is 5.75 Å². The Bertz CT molecular complexity index is 827. The molecule has 0 fully saturated rings. The second kappa shape index (κ2) is 6.16. The number of benzene rings is 2. The van der Waals surface area contributed by atoms with Crippen LogP contribution in [0.4, 0.5) is 5.69 Å². The molecule has 0 unspecified atom stereocenters. The normalized spacial score (nSPS) is 13.0. The zero-order valence-corrected chi connectivity index (χ0v) is 13.3. The molecule has 6 heteroatoms. The number of amides is 3. The Morgan fingerprint density at radius 2 is 1.71 bits per heavy atom. The van der Waals surface area contributed by atoms with Crippen molar-refractivity contribution < 1.29 is 19.1 Å². The molecule has 3 amide bonds. The van der Waals surface area contributed by atoms with Crippen molar-refractivity contribution in [2.75, 3.05) is 19.0 Å². The summed E-state index contributed by atoms with van der Waals surface area (Å²) in [4.78, 5) is 37.7. The van der Waals surface area contributed by atoms with Crippen LogP contribution in [0.2, 0.25) is 0 Å². The number of nitrogens with zero attached hydrogens (tertiary/aromatic N) is 1. The SMILES string of the molecule is COc1ccc(NC(=O)CN2C(=O)c3ccc(C)cc3C2=O)cc1. The summed E-state index contributed by atoms with van der Waals surface area (Å²) in [6.45, 7) is 1.52. The molecule has 122 valence electrons. The molecule has 6 nitrogen and oxygen atoms in total. The van der Waals surface area contributed by atoms with Gasteiger partial charge in [-0.05, 0) is 43.3 Å². The van der Waals surface area contributed by atoms with Crippen molar-refractivity contribution in [1.82, 2.24) is 4.90 Å². The van der Waals surface area contributed by atoms with Gasteiger partial charge in [-0.2, -0.15) is 0 Å². The lowest BCUT2D eigenvalue weighted by Gasteiger charge is -2.13. The summed E-state index contributed by atoms with van der Waals surface area (Å²) in [5, 5.41) is 2.66. The fraction of sp³-hybridized carbons (Fsp3) is 0.167. The Kier molecular flexibility index (Phi) is 4.04. The Morgan fingerprint density at radius 1 is 1.04 bits per heavy atom. The van der Waals surface area contributed by atoms with Crippen LogP contribution in [0.25, 0.3) is 0 Å². The average molecular weight is 324 g/mol. The lowest BCUT2D eigenvalue weighted by molar-refractivity contribution is -0.116. The van der Waals surface area contributed by atoms with E-state index in [9.17, 15) is 14.4 Å². The van der Waals surface area contributed by atoms with Gasteiger partial charge in [0.15, 0.2) is 0 Å². The summed E-state index contributed by atoms with van der Waals surface area (Å²) in [5.74, 6) is -0.654. The first-order valence-electron chi connectivity index (χ1n) is 7.40. The molecule has 0 spiro atoms. The smallest absolute Gasteiger partial charge is 0.262 e. The highest BCUT2D eigenvalue weighted by molar-refractivity contribution is 6.22. The minimum atomic E-state index is -0.445. The second-order valence-electron chi connectivity index (χ2n) is 5.52. The van der Waals surface area contributed by atoms with Crippen molar-refractivity contribution in [1.29, 1.82) is 0 Å². The molecule has 1 heterocycles. The first-order chi connectivity index (χ1) is 11.5. The largest absolute Gasteiger partial charge is 0.497 e. The van der Waals surface area contributed by atoms with Gasteiger partial charge in [-0.3, -0.25) is 19.3 Å². The van der Waals surface area contributed by atoms with E-state index in [4.69, 9.17) is 4.74 Å². The average Bonchev–Trinajstić information content (AvgIpc) is 2.80. The number of imide groups is 1. The molecule has 0 aromatic heterocycles. The van der Waals surface area contributed by atoms with E-state index in [1.807, 2.05) is 6.92 Å². The molecule has 3 rings (SSSR count). The third-order valence-corrected chi connectivity index (χ3v) is 3.80. The zero-order chi connectivity index (χ0) is 17.3. The summed E-state index contributed by atoms with van der Waals surface area (Å²) in [6.07, 6.45) is 0. The molecule has 0 saturated heterocycles. The highest BCUT2D eigenvalue weighted by Gasteiger charge is 2.36. The summed E-state index contributed by atoms with van der Waals surface area (Å²) in [5.41, 5.74) is 2.13. The molecule has 2 aromatic carbocycles. The molecule has 2 aromatic rings. The number of fused-ring (bicyclic) bond motifs is 1. The first kappa shape index (κ1) is 15.7. The Labute approximate surface area is 139 Å². The number of anilines is 1. The Morgan fingerprint density at radius 3 is 2.38 bits per heavy atom. The number of ether oxygens (including phenoxy) is 1. The fourth-order valence-corrected chi connectivity index (χ4v) is 2.57. The van der Waals surface area contributed by atoms with E-state index in [0.717, 1.165) is 10.5 Å². The monoisotopic (exact) mass is 324 g/mol. The molecule has 1 aliphatic heterocycles. The molecule has 0 bridgehead atoms. The van der Waals surface area contributed by atoms with Gasteiger partial charge in [0.05, 0.1) is 18.2 Å². The van der Waals surface area contributed by atoms with Crippen LogP contribution in [0.3, 0.4) is 0 Å². The van der Waals surface area contributed by atoms with E-state index >= 15 is 0 Å². The lowest BCUT2D eigenvalue weighted by atomic mass is 10.1. The van der Waals surface area contributed by atoms with Crippen molar-refractivity contribution in [2.24, 2.45) is 0 Å². The quantitative estimate of drug-likeness (QED) is 0.875. The molecular weight excluding hydrogens is 308 g/mol. The number of hydrogen-bond acceptors (Lipinski definition) is 4. The predicted octanol–water partition coefficient (Wildman–Crippen LogP) is 2.24. The minimum absolute atomic E-state index is 0.322. The summed E-state index contributed by atoms with van der Waals surface area (Å²) >= 11 is 0. The molecule has 1 N–H and O–H groups in total. The molecule has 0 radical (unpaired) electrons. The van der Waals surface area contributed by atoms with E-state index in [1.165, 1.54) is 0 Å². The number of carbonyl (C=O) groups is 3. The molecular formula is C18H16N2O4. The van der Waals surface area contributed by atoms with E-state index in [1.54, 1.807) is 49.6 Å². The van der Waals surface area contributed by atoms with Crippen LogP contribution in [-0.2, 0) is 4.79 Å². The third kappa shape index (κ3) is 2.86. The van der Waals surface area contributed by atoms with Crippen LogP contribution < -0.4 is 10.1 Å². The van der Waals surface area contributed by atoms with Crippen LogP contribution in [0, 0.1) is 6.92 Å². The fourth-order valence-electron chi connectivity index (χ4n) is 2.57. The molecule has 0 saturated carbocycles. The molecule has 0 atom stereocenters. The number of carbonyl (C=O) groups excluding carboxylic acids is 3. The van der Waals surface area contributed by atoms with Crippen LogP contribution in [0.1, 0.15) is 26.3 Å². The number of hydrogen-bond donors (Lipinski definition) is 1. The van der Waals surface area contributed by atoms with E-state index in [0.29, 0.717) is 22.6 Å². The van der Waals surface area contributed by atoms with Gasteiger partial charge in [0.1, 0.15) is 12.3 Å². The zero-order valence-electron chi connectivity index (χ0n) is 13.3. The number of methoxy groups -OCH3 is 1. The van der Waals surface area contributed by atoms with Crippen LogP contribution in [-0.4, -0.2) is 36.3 Å². The van der Waals surface area contributed by atoms with Crippen LogP contribution in [0.15, 0.2) is 42.5 Å². The Hall–Kier alpha value is -3.15. The van der Waals surface area contributed by atoms with E-state index in [2.05, 4.69) is 5.32 Å². The predicted molar refractivity (Wildman–Crippen MR) is 88.2 cm³/mol. The molecule has 1 aliphatic rings. The first-order valence-corrected chi connectivity index (χ1v) is 7.40. The summed E-state index contributed by atoms with van der Waals surface area (Å²) < 4.78 is 5.05. The highest BCUT2D eigenvalue weighted by Crippen LogP contribution is 2.24. The summed E-state index contributed by atoms with van der Waals surface area (Å²) in [7, 11) is 1.55.